The zero-order valence-electron chi connectivity index (χ0n) is 13.4. The van der Waals surface area contributed by atoms with Gasteiger partial charge < -0.3 is 14.5 Å². The molecule has 1 aliphatic rings. The van der Waals surface area contributed by atoms with Crippen LogP contribution >= 0.6 is 0 Å². The van der Waals surface area contributed by atoms with E-state index in [1.165, 1.54) is 5.69 Å². The minimum Gasteiger partial charge on any atom is -0.378 e. The van der Waals surface area contributed by atoms with Crippen LogP contribution in [0.15, 0.2) is 54.6 Å². The van der Waals surface area contributed by atoms with Gasteiger partial charge >= 0.3 is 0 Å². The first-order valence-corrected chi connectivity index (χ1v) is 7.96. The fourth-order valence-electron chi connectivity index (χ4n) is 2.78. The molecule has 3 rings (SSSR count). The number of anilines is 1. The van der Waals surface area contributed by atoms with E-state index in [-0.39, 0.29) is 5.91 Å². The topological polar surface area (TPSA) is 32.8 Å². The molecule has 4 nitrogen and oxygen atoms in total. The number of amides is 1. The number of ether oxygens (including phenoxy) is 1. The molecular formula is C19H22N2O2. The highest BCUT2D eigenvalue weighted by atomic mass is 16.5. The van der Waals surface area contributed by atoms with Gasteiger partial charge in [0.2, 0.25) is 0 Å². The first-order chi connectivity index (χ1) is 11.2. The summed E-state index contributed by atoms with van der Waals surface area (Å²) < 4.78 is 5.38. The Morgan fingerprint density at radius 3 is 2.35 bits per heavy atom. The van der Waals surface area contributed by atoms with Gasteiger partial charge in [0, 0.05) is 37.9 Å². The van der Waals surface area contributed by atoms with Crippen LogP contribution in [0.3, 0.4) is 0 Å². The summed E-state index contributed by atoms with van der Waals surface area (Å²) in [4.78, 5) is 16.4. The lowest BCUT2D eigenvalue weighted by Gasteiger charge is -2.29. The highest BCUT2D eigenvalue weighted by molar-refractivity contribution is 5.93. The summed E-state index contributed by atoms with van der Waals surface area (Å²) in [5.74, 6) is 0.0443. The Balaban J connectivity index is 1.62. The van der Waals surface area contributed by atoms with Crippen molar-refractivity contribution in [1.82, 2.24) is 4.90 Å². The van der Waals surface area contributed by atoms with Crippen LogP contribution in [-0.2, 0) is 11.3 Å². The minimum atomic E-state index is 0.0443. The summed E-state index contributed by atoms with van der Waals surface area (Å²) >= 11 is 0. The number of morpholine rings is 1. The van der Waals surface area contributed by atoms with E-state index >= 15 is 0 Å². The highest BCUT2D eigenvalue weighted by Crippen LogP contribution is 2.17. The van der Waals surface area contributed by atoms with E-state index in [0.717, 1.165) is 37.4 Å². The molecule has 0 saturated carbocycles. The Bertz CT molecular complexity index is 634. The Morgan fingerprint density at radius 1 is 1.04 bits per heavy atom. The zero-order valence-corrected chi connectivity index (χ0v) is 13.4. The SMILES string of the molecule is CN(Cc1ccc(N2CCOCC2)cc1)C(=O)c1ccccc1. The molecule has 0 atom stereocenters. The number of rotatable bonds is 4. The molecule has 2 aromatic rings. The van der Waals surface area contributed by atoms with E-state index in [2.05, 4.69) is 29.2 Å². The van der Waals surface area contributed by atoms with E-state index < -0.39 is 0 Å². The molecule has 1 amide bonds. The van der Waals surface area contributed by atoms with Gasteiger partial charge in [-0.3, -0.25) is 4.79 Å². The van der Waals surface area contributed by atoms with Gasteiger partial charge in [0.25, 0.3) is 5.91 Å². The van der Waals surface area contributed by atoms with E-state index in [0.29, 0.717) is 6.54 Å². The fraction of sp³-hybridized carbons (Fsp3) is 0.316. The summed E-state index contributed by atoms with van der Waals surface area (Å²) in [6, 6.07) is 17.8. The number of carbonyl (C=O) groups excluding carboxylic acids is 1. The Hall–Kier alpha value is -2.33. The molecule has 0 aliphatic carbocycles. The van der Waals surface area contributed by atoms with E-state index in [4.69, 9.17) is 4.74 Å². The predicted octanol–water partition coefficient (Wildman–Crippen LogP) is 2.80. The number of hydrogen-bond acceptors (Lipinski definition) is 3. The lowest BCUT2D eigenvalue weighted by atomic mass is 10.1. The van der Waals surface area contributed by atoms with Crippen LogP contribution in [0.4, 0.5) is 5.69 Å². The second-order valence-corrected chi connectivity index (χ2v) is 5.79. The van der Waals surface area contributed by atoms with Gasteiger partial charge in [-0.2, -0.15) is 0 Å². The molecule has 1 heterocycles. The van der Waals surface area contributed by atoms with Crippen molar-refractivity contribution in [3.63, 3.8) is 0 Å². The summed E-state index contributed by atoms with van der Waals surface area (Å²) in [5, 5.41) is 0. The van der Waals surface area contributed by atoms with Crippen LogP contribution in [0.2, 0.25) is 0 Å². The van der Waals surface area contributed by atoms with Crippen molar-refractivity contribution >= 4 is 11.6 Å². The lowest BCUT2D eigenvalue weighted by molar-refractivity contribution is 0.0785. The molecule has 1 saturated heterocycles. The molecule has 4 heteroatoms. The second kappa shape index (κ2) is 7.29. The monoisotopic (exact) mass is 310 g/mol. The van der Waals surface area contributed by atoms with Gasteiger partial charge in [-0.25, -0.2) is 0 Å². The van der Waals surface area contributed by atoms with Gasteiger partial charge in [0.1, 0.15) is 0 Å². The summed E-state index contributed by atoms with van der Waals surface area (Å²) in [6.45, 7) is 4.06. The maximum Gasteiger partial charge on any atom is 0.253 e. The van der Waals surface area contributed by atoms with Gasteiger partial charge in [-0.05, 0) is 29.8 Å². The number of benzene rings is 2. The highest BCUT2D eigenvalue weighted by Gasteiger charge is 2.13. The molecule has 0 bridgehead atoms. The van der Waals surface area contributed by atoms with Crippen LogP contribution < -0.4 is 4.90 Å². The van der Waals surface area contributed by atoms with E-state index in [9.17, 15) is 4.79 Å². The van der Waals surface area contributed by atoms with Crippen LogP contribution in [0.5, 0.6) is 0 Å². The molecule has 1 fully saturated rings. The van der Waals surface area contributed by atoms with Crippen LogP contribution in [0.25, 0.3) is 0 Å². The average molecular weight is 310 g/mol. The lowest BCUT2D eigenvalue weighted by Crippen LogP contribution is -2.36. The third kappa shape index (κ3) is 3.90. The zero-order chi connectivity index (χ0) is 16.1. The quantitative estimate of drug-likeness (QED) is 0.870. The Kier molecular flexibility index (Phi) is 4.93. The van der Waals surface area contributed by atoms with Crippen molar-refractivity contribution in [3.8, 4) is 0 Å². The van der Waals surface area contributed by atoms with E-state index in [1.54, 1.807) is 4.90 Å². The summed E-state index contributed by atoms with van der Waals surface area (Å²) in [6.07, 6.45) is 0. The molecule has 120 valence electrons. The molecule has 0 unspecified atom stereocenters. The normalized spacial score (nSPS) is 14.6. The van der Waals surface area contributed by atoms with Crippen molar-refractivity contribution in [1.29, 1.82) is 0 Å². The van der Waals surface area contributed by atoms with Crippen molar-refractivity contribution in [2.24, 2.45) is 0 Å². The van der Waals surface area contributed by atoms with Crippen LogP contribution in [-0.4, -0.2) is 44.2 Å². The molecule has 0 radical (unpaired) electrons. The van der Waals surface area contributed by atoms with Crippen molar-refractivity contribution < 1.29 is 9.53 Å². The van der Waals surface area contributed by atoms with Gasteiger partial charge in [0.15, 0.2) is 0 Å². The number of hydrogen-bond donors (Lipinski definition) is 0. The van der Waals surface area contributed by atoms with Crippen molar-refractivity contribution in [2.45, 2.75) is 6.54 Å². The first-order valence-electron chi connectivity index (χ1n) is 7.96. The molecule has 0 spiro atoms. The molecule has 0 N–H and O–H groups in total. The van der Waals surface area contributed by atoms with E-state index in [1.807, 2.05) is 37.4 Å². The van der Waals surface area contributed by atoms with Crippen molar-refractivity contribution in [3.05, 3.63) is 65.7 Å². The second-order valence-electron chi connectivity index (χ2n) is 5.79. The molecular weight excluding hydrogens is 288 g/mol. The van der Waals surface area contributed by atoms with Gasteiger partial charge in [-0.1, -0.05) is 30.3 Å². The molecule has 1 aliphatic heterocycles. The first kappa shape index (κ1) is 15.6. The molecule has 2 aromatic carbocycles. The van der Waals surface area contributed by atoms with Gasteiger partial charge in [-0.15, -0.1) is 0 Å². The molecule has 0 aromatic heterocycles. The number of carbonyl (C=O) groups is 1. The maximum atomic E-state index is 12.4. The Morgan fingerprint density at radius 2 is 1.70 bits per heavy atom. The molecule has 23 heavy (non-hydrogen) atoms. The summed E-state index contributed by atoms with van der Waals surface area (Å²) in [5.41, 5.74) is 3.07. The van der Waals surface area contributed by atoms with Crippen LogP contribution in [0.1, 0.15) is 15.9 Å². The standard InChI is InChI=1S/C19H22N2O2/c1-20(19(22)17-5-3-2-4-6-17)15-16-7-9-18(10-8-16)21-11-13-23-14-12-21/h2-10H,11-15H2,1H3. The third-order valence-electron chi connectivity index (χ3n) is 4.10. The van der Waals surface area contributed by atoms with Gasteiger partial charge in [0.05, 0.1) is 13.2 Å². The largest absolute Gasteiger partial charge is 0.378 e. The average Bonchev–Trinajstić information content (AvgIpc) is 2.63. The predicted molar refractivity (Wildman–Crippen MR) is 91.7 cm³/mol. The van der Waals surface area contributed by atoms with Crippen molar-refractivity contribution in [2.75, 3.05) is 38.3 Å². The maximum absolute atomic E-state index is 12.4. The third-order valence-corrected chi connectivity index (χ3v) is 4.10. The minimum absolute atomic E-state index is 0.0443. The van der Waals surface area contributed by atoms with Crippen LogP contribution in [0, 0.1) is 0 Å². The Labute approximate surface area is 137 Å². The fourth-order valence-corrected chi connectivity index (χ4v) is 2.78. The smallest absolute Gasteiger partial charge is 0.253 e. The number of nitrogens with zero attached hydrogens (tertiary/aromatic N) is 2. The summed E-state index contributed by atoms with van der Waals surface area (Å²) in [7, 11) is 1.84.